The lowest BCUT2D eigenvalue weighted by molar-refractivity contribution is -0.144. The van der Waals surface area contributed by atoms with Crippen molar-refractivity contribution in [2.45, 2.75) is 26.4 Å². The molecule has 170 valence electrons. The fourth-order valence-electron chi connectivity index (χ4n) is 4.58. The van der Waals surface area contributed by atoms with E-state index in [0.717, 1.165) is 58.7 Å². The Kier molecular flexibility index (Phi) is 6.34. The zero-order valence-corrected chi connectivity index (χ0v) is 19.0. The minimum absolute atomic E-state index is 0.662. The van der Waals surface area contributed by atoms with Gasteiger partial charge in [0.25, 0.3) is 0 Å². The molecule has 0 saturated carbocycles. The fourth-order valence-corrected chi connectivity index (χ4v) is 4.58. The van der Waals surface area contributed by atoms with Crippen molar-refractivity contribution >= 4 is 16.9 Å². The topological polar surface area (TPSA) is 90.9 Å². The van der Waals surface area contributed by atoms with E-state index < -0.39 is 12.0 Å². The highest BCUT2D eigenvalue weighted by molar-refractivity contribution is 5.90. The van der Waals surface area contributed by atoms with E-state index in [4.69, 9.17) is 9.47 Å². The fraction of sp³-hybridized carbons (Fsp3) is 0.417. The lowest BCUT2D eigenvalue weighted by atomic mass is 10.0. The third kappa shape index (κ3) is 4.16. The smallest absolute Gasteiger partial charge is 0.325 e. The second kappa shape index (κ2) is 9.18. The summed E-state index contributed by atoms with van der Waals surface area (Å²) >= 11 is 0. The van der Waals surface area contributed by atoms with E-state index in [1.165, 1.54) is 0 Å². The van der Waals surface area contributed by atoms with Gasteiger partial charge in [0.15, 0.2) is 0 Å². The average molecular weight is 439 g/mol. The Morgan fingerprint density at radius 2 is 1.94 bits per heavy atom. The molecule has 8 heteroatoms. The van der Waals surface area contributed by atoms with Crippen LogP contribution in [0.4, 0.5) is 0 Å². The maximum Gasteiger partial charge on any atom is 0.325 e. The number of carbonyl (C=O) groups is 1. The Bertz CT molecular complexity index is 1120. The van der Waals surface area contributed by atoms with E-state index in [-0.39, 0.29) is 0 Å². The molecule has 1 atom stereocenters. The molecule has 0 unspecified atom stereocenters. The van der Waals surface area contributed by atoms with Gasteiger partial charge in [-0.05, 0) is 32.0 Å². The number of aryl methyl sites for hydroxylation is 1. The summed E-state index contributed by atoms with van der Waals surface area (Å²) in [4.78, 5) is 24.5. The number of rotatable bonds is 7. The highest BCUT2D eigenvalue weighted by Gasteiger charge is 2.32. The third-order valence-corrected chi connectivity index (χ3v) is 6.34. The van der Waals surface area contributed by atoms with Crippen LogP contribution in [0.1, 0.15) is 28.4 Å². The molecule has 0 aliphatic carbocycles. The average Bonchev–Trinajstić information content (AvgIpc) is 3.20. The summed E-state index contributed by atoms with van der Waals surface area (Å²) in [5.74, 6) is 0.751. The number of methoxy groups -OCH3 is 2. The first kappa shape index (κ1) is 22.1. The number of aliphatic carboxylic acids is 1. The van der Waals surface area contributed by atoms with Gasteiger partial charge in [0.2, 0.25) is 0 Å². The Morgan fingerprint density at radius 1 is 1.19 bits per heavy atom. The van der Waals surface area contributed by atoms with Crippen LogP contribution in [0.25, 0.3) is 10.9 Å². The zero-order valence-electron chi connectivity index (χ0n) is 19.0. The van der Waals surface area contributed by atoms with Crippen molar-refractivity contribution in [3.05, 3.63) is 53.0 Å². The SMILES string of the molecule is COc1ccc2[nH]cc([C@H](C(=O)O)N3CCN(Cc4ncc(C)c(OC)c4C)CC3)c2c1. The molecule has 3 aromatic rings. The summed E-state index contributed by atoms with van der Waals surface area (Å²) in [6, 6.07) is 4.97. The number of carboxylic acid groups (broad SMARTS) is 1. The number of aromatic nitrogens is 2. The number of benzene rings is 1. The van der Waals surface area contributed by atoms with Gasteiger partial charge < -0.3 is 19.6 Å². The molecule has 4 rings (SSSR count). The van der Waals surface area contributed by atoms with E-state index in [1.54, 1.807) is 20.4 Å². The molecule has 2 N–H and O–H groups in total. The van der Waals surface area contributed by atoms with Gasteiger partial charge in [-0.3, -0.25) is 19.6 Å². The maximum absolute atomic E-state index is 12.3. The molecule has 8 nitrogen and oxygen atoms in total. The monoisotopic (exact) mass is 438 g/mol. The van der Waals surface area contributed by atoms with Crippen molar-refractivity contribution < 1.29 is 19.4 Å². The summed E-state index contributed by atoms with van der Waals surface area (Å²) in [5.41, 5.74) is 4.75. The molecule has 1 aliphatic heterocycles. The maximum atomic E-state index is 12.3. The minimum Gasteiger partial charge on any atom is -0.497 e. The van der Waals surface area contributed by atoms with Crippen LogP contribution in [-0.4, -0.2) is 71.2 Å². The molecule has 32 heavy (non-hydrogen) atoms. The van der Waals surface area contributed by atoms with Crippen LogP contribution < -0.4 is 9.47 Å². The molecule has 0 spiro atoms. The van der Waals surface area contributed by atoms with Crippen molar-refractivity contribution in [1.82, 2.24) is 19.8 Å². The van der Waals surface area contributed by atoms with E-state index >= 15 is 0 Å². The van der Waals surface area contributed by atoms with Crippen molar-refractivity contribution in [1.29, 1.82) is 0 Å². The second-order valence-electron chi connectivity index (χ2n) is 8.25. The van der Waals surface area contributed by atoms with E-state index in [1.807, 2.05) is 43.1 Å². The summed E-state index contributed by atoms with van der Waals surface area (Å²) in [7, 11) is 3.30. The standard InChI is InChI=1S/C24H30N4O4/c1-15-12-25-21(16(2)23(15)32-4)14-27-7-9-28(10-8-27)22(24(29)30)19-13-26-20-6-5-17(31-3)11-18(19)20/h5-6,11-13,22,26H,7-10,14H2,1-4H3,(H,29,30)/t22-/m1/s1. The van der Waals surface area contributed by atoms with E-state index in [0.29, 0.717) is 18.8 Å². The normalized spacial score (nSPS) is 16.2. The molecule has 1 aliphatic rings. The number of hydrogen-bond acceptors (Lipinski definition) is 6. The number of hydrogen-bond donors (Lipinski definition) is 2. The van der Waals surface area contributed by atoms with Crippen molar-refractivity contribution in [3.63, 3.8) is 0 Å². The van der Waals surface area contributed by atoms with Gasteiger partial charge >= 0.3 is 5.97 Å². The van der Waals surface area contributed by atoms with Gasteiger partial charge in [0.1, 0.15) is 17.5 Å². The van der Waals surface area contributed by atoms with Gasteiger partial charge in [-0.25, -0.2) is 0 Å². The van der Waals surface area contributed by atoms with Crippen LogP contribution in [0.3, 0.4) is 0 Å². The second-order valence-corrected chi connectivity index (χ2v) is 8.25. The van der Waals surface area contributed by atoms with Crippen molar-refractivity contribution in [3.8, 4) is 11.5 Å². The summed E-state index contributed by atoms with van der Waals surface area (Å²) in [6.45, 7) is 7.62. The quantitative estimate of drug-likeness (QED) is 0.586. The summed E-state index contributed by atoms with van der Waals surface area (Å²) < 4.78 is 10.9. The first-order valence-corrected chi connectivity index (χ1v) is 10.8. The summed E-state index contributed by atoms with van der Waals surface area (Å²) in [6.07, 6.45) is 3.66. The van der Waals surface area contributed by atoms with Crippen LogP contribution in [0.5, 0.6) is 11.5 Å². The highest BCUT2D eigenvalue weighted by atomic mass is 16.5. The lowest BCUT2D eigenvalue weighted by Gasteiger charge is -2.37. The number of carboxylic acids is 1. The number of aromatic amines is 1. The Balaban J connectivity index is 1.50. The van der Waals surface area contributed by atoms with Gasteiger partial charge in [-0.2, -0.15) is 0 Å². The Morgan fingerprint density at radius 3 is 2.59 bits per heavy atom. The van der Waals surface area contributed by atoms with Gasteiger partial charge in [-0.1, -0.05) is 0 Å². The number of ether oxygens (including phenoxy) is 2. The minimum atomic E-state index is -0.844. The predicted octanol–water partition coefficient (Wildman–Crippen LogP) is 3.14. The Labute approximate surface area is 187 Å². The van der Waals surface area contributed by atoms with E-state index in [2.05, 4.69) is 14.9 Å². The molecule has 1 saturated heterocycles. The zero-order chi connectivity index (χ0) is 22.8. The van der Waals surface area contributed by atoms with Gasteiger partial charge in [-0.15, -0.1) is 0 Å². The number of fused-ring (bicyclic) bond motifs is 1. The number of pyridine rings is 1. The molecule has 0 amide bonds. The molecular weight excluding hydrogens is 408 g/mol. The van der Waals surface area contributed by atoms with E-state index in [9.17, 15) is 9.90 Å². The first-order chi connectivity index (χ1) is 15.4. The Hall–Kier alpha value is -3.10. The molecule has 1 fully saturated rings. The van der Waals surface area contributed by atoms with Crippen LogP contribution >= 0.6 is 0 Å². The highest BCUT2D eigenvalue weighted by Crippen LogP contribution is 2.32. The van der Waals surface area contributed by atoms with Crippen molar-refractivity contribution in [2.75, 3.05) is 40.4 Å². The number of nitrogens with one attached hydrogen (secondary N) is 1. The largest absolute Gasteiger partial charge is 0.497 e. The lowest BCUT2D eigenvalue weighted by Crippen LogP contribution is -2.49. The van der Waals surface area contributed by atoms with Gasteiger partial charge in [0.05, 0.1) is 19.9 Å². The molecular formula is C24H30N4O4. The molecule has 2 aromatic heterocycles. The number of piperazine rings is 1. The molecule has 1 aromatic carbocycles. The first-order valence-electron chi connectivity index (χ1n) is 10.8. The van der Waals surface area contributed by atoms with Crippen LogP contribution in [0.2, 0.25) is 0 Å². The van der Waals surface area contributed by atoms with Crippen LogP contribution in [0, 0.1) is 13.8 Å². The van der Waals surface area contributed by atoms with Crippen LogP contribution in [-0.2, 0) is 11.3 Å². The summed E-state index contributed by atoms with van der Waals surface area (Å²) in [5, 5.41) is 11.0. The predicted molar refractivity (Wildman–Crippen MR) is 122 cm³/mol. The third-order valence-electron chi connectivity index (χ3n) is 6.34. The van der Waals surface area contributed by atoms with Crippen LogP contribution in [0.15, 0.2) is 30.6 Å². The molecule has 0 bridgehead atoms. The molecule has 3 heterocycles. The van der Waals surface area contributed by atoms with Gasteiger partial charge in [0, 0.05) is 72.7 Å². The number of nitrogens with zero attached hydrogens (tertiary/aromatic N) is 3. The molecule has 0 radical (unpaired) electrons. The number of H-pyrrole nitrogens is 1. The van der Waals surface area contributed by atoms with Crippen molar-refractivity contribution in [2.24, 2.45) is 0 Å².